The minimum atomic E-state index is -0.657. The van der Waals surface area contributed by atoms with E-state index in [-0.39, 0.29) is 18.2 Å². The van der Waals surface area contributed by atoms with E-state index in [4.69, 9.17) is 30.8 Å². The number of carbonyl (C=O) groups excluding carboxylic acids is 1. The molecule has 4 heterocycles. The molecule has 1 saturated heterocycles. The predicted octanol–water partition coefficient (Wildman–Crippen LogP) is 8.51. The van der Waals surface area contributed by atoms with Crippen LogP contribution in [0.2, 0.25) is 5.02 Å². The van der Waals surface area contributed by atoms with E-state index >= 15 is 0 Å². The lowest BCUT2D eigenvalue weighted by molar-refractivity contribution is 0.0175. The lowest BCUT2D eigenvalue weighted by Crippen LogP contribution is -2.38. The summed E-state index contributed by atoms with van der Waals surface area (Å²) in [6.45, 7) is 5.65. The number of halogens is 2. The Morgan fingerprint density at radius 2 is 1.93 bits per heavy atom. The first kappa shape index (κ1) is 28.0. The second-order valence-electron chi connectivity index (χ2n) is 13.1. The molecule has 2 fully saturated rings. The number of carbonyl (C=O) groups is 1. The molecule has 45 heavy (non-hydrogen) atoms. The molecule has 0 radical (unpaired) electrons. The van der Waals surface area contributed by atoms with Crippen LogP contribution >= 0.6 is 11.6 Å². The summed E-state index contributed by atoms with van der Waals surface area (Å²) in [5.74, 6) is 1.86. The largest absolute Gasteiger partial charge is 0.497 e. The molecule has 3 aliphatic rings. The molecule has 2 aromatic heterocycles. The van der Waals surface area contributed by atoms with Crippen molar-refractivity contribution >= 4 is 28.6 Å². The number of aromatic nitrogens is 3. The first-order chi connectivity index (χ1) is 21.6. The molecule has 1 unspecified atom stereocenters. The molecule has 0 bridgehead atoms. The lowest BCUT2D eigenvalue weighted by atomic mass is 10.0. The predicted molar refractivity (Wildman–Crippen MR) is 169 cm³/mol. The summed E-state index contributed by atoms with van der Waals surface area (Å²) in [6.07, 6.45) is 2.71. The quantitative estimate of drug-likeness (QED) is 0.216. The number of likely N-dealkylation sites (tertiary alicyclic amines) is 1. The molecule has 3 aromatic carbocycles. The lowest BCUT2D eigenvalue weighted by Gasteiger charge is -2.31. The fourth-order valence-corrected chi connectivity index (χ4v) is 7.01. The number of ether oxygens (including phenoxy) is 3. The molecule has 1 aliphatic carbocycles. The first-order valence-electron chi connectivity index (χ1n) is 15.1. The van der Waals surface area contributed by atoms with E-state index in [9.17, 15) is 9.18 Å². The standard InChI is InChI=1S/C35H32ClFN4O4/c1-35(2,3)45-34(42)41-28-12-20(28)14-30(41)32-38-17-26(39-32)18-5-7-25-29-13-19-9-22(36)6-8-27(19)40(29)33(44-31(25)15-18)21-10-23(37)16-24(11-21)43-4/h5-11,13,15-17,20,28,30,33H,12,14H2,1-4H3,(H,38,39)/t20-,28-,30+,33?/m1/s1. The third-order valence-corrected chi connectivity index (χ3v) is 9.11. The van der Waals surface area contributed by atoms with Crippen LogP contribution in [0.1, 0.15) is 57.3 Å². The average molecular weight is 627 g/mol. The van der Waals surface area contributed by atoms with Crippen molar-refractivity contribution in [1.29, 1.82) is 0 Å². The number of nitrogens with zero attached hydrogens (tertiary/aromatic N) is 3. The van der Waals surface area contributed by atoms with Gasteiger partial charge in [-0.05, 0) is 88.1 Å². The summed E-state index contributed by atoms with van der Waals surface area (Å²) in [7, 11) is 1.51. The highest BCUT2D eigenvalue weighted by Gasteiger charge is 2.56. The molecule has 0 spiro atoms. The van der Waals surface area contributed by atoms with Crippen LogP contribution in [-0.4, -0.2) is 44.3 Å². The monoisotopic (exact) mass is 626 g/mol. The smallest absolute Gasteiger partial charge is 0.411 e. The number of H-pyrrole nitrogens is 1. The topological polar surface area (TPSA) is 81.6 Å². The number of piperidine rings is 1. The van der Waals surface area contributed by atoms with E-state index in [0.717, 1.165) is 52.1 Å². The van der Waals surface area contributed by atoms with Crippen LogP contribution in [0, 0.1) is 11.7 Å². The number of hydrogen-bond donors (Lipinski definition) is 1. The van der Waals surface area contributed by atoms with Gasteiger partial charge in [0.15, 0.2) is 0 Å². The number of methoxy groups -OCH3 is 1. The minimum absolute atomic E-state index is 0.166. The minimum Gasteiger partial charge on any atom is -0.497 e. The summed E-state index contributed by atoms with van der Waals surface area (Å²) >= 11 is 6.35. The maximum Gasteiger partial charge on any atom is 0.411 e. The van der Waals surface area contributed by atoms with E-state index in [1.807, 2.05) is 62.1 Å². The van der Waals surface area contributed by atoms with Gasteiger partial charge < -0.3 is 23.8 Å². The molecule has 1 N–H and O–H groups in total. The summed E-state index contributed by atoms with van der Waals surface area (Å²) < 4.78 is 34.6. The van der Waals surface area contributed by atoms with E-state index in [1.54, 1.807) is 12.3 Å². The van der Waals surface area contributed by atoms with Gasteiger partial charge in [0.2, 0.25) is 6.23 Å². The number of aromatic amines is 1. The molecule has 8 rings (SSSR count). The van der Waals surface area contributed by atoms with Crippen molar-refractivity contribution in [2.24, 2.45) is 5.92 Å². The molecule has 1 saturated carbocycles. The molecular formula is C35H32ClFN4O4. The fourth-order valence-electron chi connectivity index (χ4n) is 6.83. The molecule has 2 aliphatic heterocycles. The van der Waals surface area contributed by atoms with Crippen molar-refractivity contribution in [3.05, 3.63) is 89.1 Å². The zero-order valence-corrected chi connectivity index (χ0v) is 26.1. The number of imidazole rings is 1. The Morgan fingerprint density at radius 3 is 2.73 bits per heavy atom. The Labute approximate surface area is 264 Å². The van der Waals surface area contributed by atoms with Gasteiger partial charge in [0.1, 0.15) is 28.7 Å². The second kappa shape index (κ2) is 10.0. The highest BCUT2D eigenvalue weighted by molar-refractivity contribution is 6.31. The van der Waals surface area contributed by atoms with Crippen LogP contribution in [0.5, 0.6) is 11.5 Å². The average Bonchev–Trinajstić information content (AvgIpc) is 3.33. The maximum absolute atomic E-state index is 14.7. The van der Waals surface area contributed by atoms with Gasteiger partial charge in [0.05, 0.1) is 36.3 Å². The third-order valence-electron chi connectivity index (χ3n) is 8.88. The van der Waals surface area contributed by atoms with Crippen molar-refractivity contribution in [2.75, 3.05) is 7.11 Å². The summed E-state index contributed by atoms with van der Waals surface area (Å²) in [6, 6.07) is 18.5. The second-order valence-corrected chi connectivity index (χ2v) is 13.5. The Kier molecular flexibility index (Phi) is 6.23. The van der Waals surface area contributed by atoms with E-state index in [0.29, 0.717) is 28.0 Å². The zero-order valence-electron chi connectivity index (χ0n) is 25.3. The summed E-state index contributed by atoms with van der Waals surface area (Å²) in [5.41, 5.74) is 4.47. The van der Waals surface area contributed by atoms with Crippen LogP contribution in [-0.2, 0) is 4.74 Å². The van der Waals surface area contributed by atoms with Crippen molar-refractivity contribution < 1.29 is 23.4 Å². The van der Waals surface area contributed by atoms with Gasteiger partial charge in [-0.1, -0.05) is 17.7 Å². The Bertz CT molecular complexity index is 2000. The number of amides is 1. The maximum atomic E-state index is 14.7. The highest BCUT2D eigenvalue weighted by Crippen LogP contribution is 2.53. The SMILES string of the molecule is COc1cc(F)cc(C2Oc3cc(-c4cnc([C@@H]5C[C@H]6C[C@H]6N5C(=O)OC(C)(C)C)[nH]4)ccc3-c3cc4cc(Cl)ccc4n32)c1. The number of rotatable bonds is 4. The molecule has 8 nitrogen and oxygen atoms in total. The van der Waals surface area contributed by atoms with Gasteiger partial charge in [-0.3, -0.25) is 4.90 Å². The molecular weight excluding hydrogens is 595 g/mol. The van der Waals surface area contributed by atoms with Crippen molar-refractivity contribution in [1.82, 2.24) is 19.4 Å². The first-order valence-corrected chi connectivity index (χ1v) is 15.5. The number of benzene rings is 3. The number of nitrogens with one attached hydrogen (secondary N) is 1. The normalized spacial score (nSPS) is 21.6. The molecule has 5 aromatic rings. The van der Waals surface area contributed by atoms with Gasteiger partial charge in [-0.25, -0.2) is 14.2 Å². The Balaban J connectivity index is 1.17. The van der Waals surface area contributed by atoms with E-state index in [1.165, 1.54) is 19.2 Å². The van der Waals surface area contributed by atoms with Gasteiger partial charge in [-0.2, -0.15) is 0 Å². The van der Waals surface area contributed by atoms with Gasteiger partial charge in [0, 0.05) is 39.2 Å². The van der Waals surface area contributed by atoms with E-state index < -0.39 is 17.6 Å². The van der Waals surface area contributed by atoms with Gasteiger partial charge in [-0.15, -0.1) is 0 Å². The third kappa shape index (κ3) is 4.81. The Morgan fingerprint density at radius 1 is 1.09 bits per heavy atom. The summed E-state index contributed by atoms with van der Waals surface area (Å²) in [5, 5.41) is 1.58. The molecule has 4 atom stereocenters. The molecule has 10 heteroatoms. The highest BCUT2D eigenvalue weighted by atomic mass is 35.5. The van der Waals surface area contributed by atoms with Crippen LogP contribution in [0.4, 0.5) is 9.18 Å². The van der Waals surface area contributed by atoms with Crippen molar-refractivity contribution in [3.8, 4) is 34.0 Å². The molecule has 230 valence electrons. The summed E-state index contributed by atoms with van der Waals surface area (Å²) in [4.78, 5) is 23.2. The van der Waals surface area contributed by atoms with Crippen molar-refractivity contribution in [2.45, 2.75) is 57.5 Å². The van der Waals surface area contributed by atoms with Gasteiger partial charge >= 0.3 is 6.09 Å². The fraction of sp³-hybridized carbons (Fsp3) is 0.314. The number of hydrogen-bond acceptors (Lipinski definition) is 5. The Hall–Kier alpha value is -4.50. The van der Waals surface area contributed by atoms with Crippen LogP contribution in [0.15, 0.2) is 66.9 Å². The van der Waals surface area contributed by atoms with Crippen LogP contribution < -0.4 is 9.47 Å². The molecule has 1 amide bonds. The van der Waals surface area contributed by atoms with Crippen molar-refractivity contribution in [3.63, 3.8) is 0 Å². The van der Waals surface area contributed by atoms with Crippen LogP contribution in [0.3, 0.4) is 0 Å². The van der Waals surface area contributed by atoms with Crippen LogP contribution in [0.25, 0.3) is 33.4 Å². The van der Waals surface area contributed by atoms with Gasteiger partial charge in [0.25, 0.3) is 0 Å². The van der Waals surface area contributed by atoms with E-state index in [2.05, 4.69) is 15.6 Å². The zero-order chi connectivity index (χ0) is 31.2. The number of fused-ring (bicyclic) bond motifs is 6.